The Bertz CT molecular complexity index is 469. The minimum atomic E-state index is 0.618. The van der Waals surface area contributed by atoms with E-state index in [1.165, 1.54) is 0 Å². The maximum absolute atomic E-state index is 5.26. The van der Waals surface area contributed by atoms with Gasteiger partial charge in [-0.2, -0.15) is 0 Å². The molecule has 0 spiro atoms. The molecule has 17 heavy (non-hydrogen) atoms. The molecule has 2 rings (SSSR count). The van der Waals surface area contributed by atoms with Gasteiger partial charge in [0.25, 0.3) is 0 Å². The van der Waals surface area contributed by atoms with Crippen molar-refractivity contribution in [3.8, 4) is 11.5 Å². The van der Waals surface area contributed by atoms with Gasteiger partial charge in [-0.3, -0.25) is 0 Å². The molecule has 0 aliphatic rings. The lowest BCUT2D eigenvalue weighted by Crippen LogP contribution is -2.01. The third kappa shape index (κ3) is 2.69. The second kappa shape index (κ2) is 5.25. The van der Waals surface area contributed by atoms with Gasteiger partial charge in [0.05, 0.1) is 26.1 Å². The number of ether oxygens (including phenoxy) is 2. The Labute approximate surface area is 99.3 Å². The van der Waals surface area contributed by atoms with E-state index in [1.54, 1.807) is 26.7 Å². The van der Waals surface area contributed by atoms with Gasteiger partial charge < -0.3 is 19.3 Å². The standard InChI is InChI=1S/C12H14N2O3/c1-15-10-3-4-12(16-2)11(5-10)13-6-9-7-14-17-8-9/h3-5,7-8,13H,6H2,1-2H3. The van der Waals surface area contributed by atoms with E-state index in [0.717, 1.165) is 22.7 Å². The lowest BCUT2D eigenvalue weighted by atomic mass is 10.2. The summed E-state index contributed by atoms with van der Waals surface area (Å²) in [6, 6.07) is 5.59. The van der Waals surface area contributed by atoms with Gasteiger partial charge in [0.15, 0.2) is 0 Å². The van der Waals surface area contributed by atoms with Crippen LogP contribution in [0.1, 0.15) is 5.56 Å². The molecule has 5 heteroatoms. The predicted molar refractivity (Wildman–Crippen MR) is 63.4 cm³/mol. The molecule has 0 bridgehead atoms. The van der Waals surface area contributed by atoms with Gasteiger partial charge >= 0.3 is 0 Å². The van der Waals surface area contributed by atoms with Crippen molar-refractivity contribution in [3.05, 3.63) is 36.2 Å². The second-order valence-corrected chi connectivity index (χ2v) is 3.45. The quantitative estimate of drug-likeness (QED) is 0.860. The van der Waals surface area contributed by atoms with Crippen molar-refractivity contribution in [1.29, 1.82) is 0 Å². The smallest absolute Gasteiger partial charge is 0.142 e. The topological polar surface area (TPSA) is 56.5 Å². The van der Waals surface area contributed by atoms with E-state index in [1.807, 2.05) is 18.2 Å². The molecule has 0 fully saturated rings. The molecule has 1 N–H and O–H groups in total. The highest BCUT2D eigenvalue weighted by molar-refractivity contribution is 5.59. The SMILES string of the molecule is COc1ccc(OC)c(NCc2cnoc2)c1. The third-order valence-electron chi connectivity index (χ3n) is 2.37. The van der Waals surface area contributed by atoms with Gasteiger partial charge in [-0.1, -0.05) is 5.16 Å². The van der Waals surface area contributed by atoms with Gasteiger partial charge in [-0.05, 0) is 12.1 Å². The van der Waals surface area contributed by atoms with Crippen LogP contribution in [0.5, 0.6) is 11.5 Å². The maximum atomic E-state index is 5.26. The van der Waals surface area contributed by atoms with Gasteiger partial charge in [0.1, 0.15) is 17.8 Å². The van der Waals surface area contributed by atoms with Crippen LogP contribution in [0.2, 0.25) is 0 Å². The van der Waals surface area contributed by atoms with E-state index in [-0.39, 0.29) is 0 Å². The van der Waals surface area contributed by atoms with Crippen molar-refractivity contribution < 1.29 is 14.0 Å². The van der Waals surface area contributed by atoms with E-state index < -0.39 is 0 Å². The fourth-order valence-electron chi connectivity index (χ4n) is 1.46. The van der Waals surface area contributed by atoms with Crippen molar-refractivity contribution in [1.82, 2.24) is 5.16 Å². The van der Waals surface area contributed by atoms with Gasteiger partial charge in [-0.25, -0.2) is 0 Å². The molecule has 0 amide bonds. The predicted octanol–water partition coefficient (Wildman–Crippen LogP) is 2.30. The Hall–Kier alpha value is -2.17. The Morgan fingerprint density at radius 1 is 1.29 bits per heavy atom. The van der Waals surface area contributed by atoms with Crippen molar-refractivity contribution >= 4 is 5.69 Å². The number of anilines is 1. The van der Waals surface area contributed by atoms with Gasteiger partial charge in [0, 0.05) is 18.2 Å². The number of hydrogen-bond acceptors (Lipinski definition) is 5. The van der Waals surface area contributed by atoms with Gasteiger partial charge in [-0.15, -0.1) is 0 Å². The van der Waals surface area contributed by atoms with Gasteiger partial charge in [0.2, 0.25) is 0 Å². The lowest BCUT2D eigenvalue weighted by Gasteiger charge is -2.11. The first-order valence-electron chi connectivity index (χ1n) is 5.17. The molecule has 2 aromatic rings. The Morgan fingerprint density at radius 3 is 2.82 bits per heavy atom. The van der Waals surface area contributed by atoms with Crippen LogP contribution in [0.3, 0.4) is 0 Å². The van der Waals surface area contributed by atoms with E-state index in [2.05, 4.69) is 10.5 Å². The molecule has 0 saturated heterocycles. The van der Waals surface area contributed by atoms with E-state index in [4.69, 9.17) is 14.0 Å². The summed E-state index contributed by atoms with van der Waals surface area (Å²) in [6.45, 7) is 0.618. The summed E-state index contributed by atoms with van der Waals surface area (Å²) in [4.78, 5) is 0. The number of benzene rings is 1. The summed E-state index contributed by atoms with van der Waals surface area (Å²) in [7, 11) is 3.26. The average Bonchev–Trinajstić information content (AvgIpc) is 2.89. The molecule has 0 radical (unpaired) electrons. The van der Waals surface area contributed by atoms with E-state index in [0.29, 0.717) is 6.54 Å². The molecule has 0 saturated carbocycles. The summed E-state index contributed by atoms with van der Waals surface area (Å²) in [6.07, 6.45) is 3.26. The van der Waals surface area contributed by atoms with Crippen molar-refractivity contribution in [3.63, 3.8) is 0 Å². The summed E-state index contributed by atoms with van der Waals surface area (Å²) in [5.41, 5.74) is 1.84. The number of hydrogen-bond donors (Lipinski definition) is 1. The molecule has 0 atom stereocenters. The van der Waals surface area contributed by atoms with Crippen LogP contribution in [-0.4, -0.2) is 19.4 Å². The molecular weight excluding hydrogens is 220 g/mol. The minimum absolute atomic E-state index is 0.618. The highest BCUT2D eigenvalue weighted by Crippen LogP contribution is 2.29. The summed E-state index contributed by atoms with van der Waals surface area (Å²) in [5.74, 6) is 1.54. The first-order valence-corrected chi connectivity index (χ1v) is 5.17. The number of nitrogens with one attached hydrogen (secondary N) is 1. The van der Waals surface area contributed by atoms with E-state index >= 15 is 0 Å². The number of aromatic nitrogens is 1. The number of methoxy groups -OCH3 is 2. The maximum Gasteiger partial charge on any atom is 0.142 e. The summed E-state index contributed by atoms with van der Waals surface area (Å²) in [5, 5.41) is 6.88. The highest BCUT2D eigenvalue weighted by atomic mass is 16.5. The van der Waals surface area contributed by atoms with Crippen molar-refractivity contribution in [2.24, 2.45) is 0 Å². The lowest BCUT2D eigenvalue weighted by molar-refractivity contribution is 0.404. The third-order valence-corrected chi connectivity index (χ3v) is 2.37. The zero-order chi connectivity index (χ0) is 12.1. The Kier molecular flexibility index (Phi) is 3.49. The Balaban J connectivity index is 2.12. The van der Waals surface area contributed by atoms with Crippen LogP contribution in [-0.2, 0) is 6.54 Å². The van der Waals surface area contributed by atoms with Crippen LogP contribution >= 0.6 is 0 Å². The van der Waals surface area contributed by atoms with Crippen LogP contribution in [0.4, 0.5) is 5.69 Å². The van der Waals surface area contributed by atoms with Crippen molar-refractivity contribution in [2.45, 2.75) is 6.54 Å². The molecule has 1 aromatic heterocycles. The second-order valence-electron chi connectivity index (χ2n) is 3.45. The average molecular weight is 234 g/mol. The molecule has 0 aliphatic carbocycles. The fourth-order valence-corrected chi connectivity index (χ4v) is 1.46. The zero-order valence-electron chi connectivity index (χ0n) is 9.77. The molecule has 0 aliphatic heterocycles. The van der Waals surface area contributed by atoms with Crippen LogP contribution in [0, 0.1) is 0 Å². The summed E-state index contributed by atoms with van der Waals surface area (Å²) >= 11 is 0. The molecule has 0 unspecified atom stereocenters. The number of rotatable bonds is 5. The van der Waals surface area contributed by atoms with Crippen LogP contribution < -0.4 is 14.8 Å². The monoisotopic (exact) mass is 234 g/mol. The Morgan fingerprint density at radius 2 is 2.18 bits per heavy atom. The van der Waals surface area contributed by atoms with Crippen LogP contribution in [0.15, 0.2) is 35.2 Å². The molecule has 90 valence electrons. The normalized spacial score (nSPS) is 10.0. The number of nitrogens with zero attached hydrogens (tertiary/aromatic N) is 1. The molecule has 1 aromatic carbocycles. The minimum Gasteiger partial charge on any atom is -0.497 e. The first-order chi connectivity index (χ1) is 8.33. The van der Waals surface area contributed by atoms with Crippen LogP contribution in [0.25, 0.3) is 0 Å². The highest BCUT2D eigenvalue weighted by Gasteiger charge is 2.05. The molecule has 1 heterocycles. The van der Waals surface area contributed by atoms with E-state index in [9.17, 15) is 0 Å². The molecular formula is C12H14N2O3. The summed E-state index contributed by atoms with van der Waals surface area (Å²) < 4.78 is 15.2. The first kappa shape index (κ1) is 11.3. The zero-order valence-corrected chi connectivity index (χ0v) is 9.77. The molecule has 5 nitrogen and oxygen atoms in total. The largest absolute Gasteiger partial charge is 0.497 e. The van der Waals surface area contributed by atoms with Crippen molar-refractivity contribution in [2.75, 3.05) is 19.5 Å². The fraction of sp³-hybridized carbons (Fsp3) is 0.250.